The third kappa shape index (κ3) is 3.01. The molecule has 0 aliphatic rings. The van der Waals surface area contributed by atoms with Crippen molar-refractivity contribution in [2.75, 3.05) is 0 Å². The molecule has 2 aromatic carbocycles. The smallest absolute Gasteiger partial charge is 0.285 e. The number of rotatable bonds is 3. The molecule has 0 atom stereocenters. The van der Waals surface area contributed by atoms with Crippen LogP contribution in [-0.2, 0) is 16.6 Å². The maximum absolute atomic E-state index is 13.0. The second-order valence-corrected chi connectivity index (χ2v) is 8.17. The highest BCUT2D eigenvalue weighted by Gasteiger charge is 2.15. The Bertz CT molecular complexity index is 1080. The third-order valence-electron chi connectivity index (χ3n) is 3.92. The van der Waals surface area contributed by atoms with Crippen molar-refractivity contribution in [1.29, 1.82) is 0 Å². The zero-order chi connectivity index (χ0) is 17.5. The van der Waals surface area contributed by atoms with Crippen LogP contribution in [0, 0.1) is 19.7 Å². The second-order valence-electron chi connectivity index (χ2n) is 5.55. The number of fused-ring (bicyclic) bond motifs is 1. The lowest BCUT2D eigenvalue weighted by molar-refractivity contribution is 0.594. The van der Waals surface area contributed by atoms with E-state index >= 15 is 0 Å². The number of sulfonamides is 1. The summed E-state index contributed by atoms with van der Waals surface area (Å²) in [5, 5.41) is 0. The Kier molecular flexibility index (Phi) is 4.31. The first kappa shape index (κ1) is 16.9. The van der Waals surface area contributed by atoms with Gasteiger partial charge in [0, 0.05) is 6.54 Å². The molecule has 1 aromatic heterocycles. The third-order valence-corrected chi connectivity index (χ3v) is 6.36. The average Bonchev–Trinajstić information content (AvgIpc) is 2.83. The molecule has 0 spiro atoms. The Labute approximate surface area is 144 Å². The molecule has 24 heavy (non-hydrogen) atoms. The Hall–Kier alpha value is -1.99. The molecule has 0 saturated heterocycles. The summed E-state index contributed by atoms with van der Waals surface area (Å²) in [5.41, 5.74) is 3.27. The lowest BCUT2D eigenvalue weighted by atomic mass is 10.1. The highest BCUT2D eigenvalue weighted by atomic mass is 32.2. The fourth-order valence-corrected chi connectivity index (χ4v) is 4.84. The second kappa shape index (κ2) is 6.14. The zero-order valence-electron chi connectivity index (χ0n) is 13.6. The van der Waals surface area contributed by atoms with Crippen molar-refractivity contribution in [3.8, 4) is 0 Å². The van der Waals surface area contributed by atoms with Crippen LogP contribution >= 0.6 is 11.3 Å². The maximum Gasteiger partial charge on any atom is 0.285 e. The van der Waals surface area contributed by atoms with E-state index in [-0.39, 0.29) is 4.90 Å². The van der Waals surface area contributed by atoms with Crippen LogP contribution in [0.3, 0.4) is 0 Å². The first-order valence-electron chi connectivity index (χ1n) is 7.49. The van der Waals surface area contributed by atoms with Gasteiger partial charge >= 0.3 is 0 Å². The van der Waals surface area contributed by atoms with Gasteiger partial charge in [-0.3, -0.25) is 0 Å². The maximum atomic E-state index is 13.0. The van der Waals surface area contributed by atoms with E-state index < -0.39 is 15.8 Å². The van der Waals surface area contributed by atoms with Crippen LogP contribution in [0.25, 0.3) is 10.2 Å². The number of thiazole rings is 1. The molecule has 3 rings (SSSR count). The summed E-state index contributed by atoms with van der Waals surface area (Å²) >= 11 is 1.34. The van der Waals surface area contributed by atoms with Crippen LogP contribution in [0.5, 0.6) is 0 Å². The first-order chi connectivity index (χ1) is 11.3. The zero-order valence-corrected chi connectivity index (χ0v) is 15.2. The van der Waals surface area contributed by atoms with Gasteiger partial charge in [-0.15, -0.1) is 4.40 Å². The Morgan fingerprint density at radius 2 is 1.75 bits per heavy atom. The summed E-state index contributed by atoms with van der Waals surface area (Å²) in [5.74, 6) is -0.481. The van der Waals surface area contributed by atoms with Crippen molar-refractivity contribution in [2.45, 2.75) is 32.2 Å². The van der Waals surface area contributed by atoms with E-state index in [1.54, 1.807) is 0 Å². The van der Waals surface area contributed by atoms with Crippen LogP contribution < -0.4 is 4.80 Å². The number of nitrogens with zero attached hydrogens (tertiary/aromatic N) is 2. The lowest BCUT2D eigenvalue weighted by Crippen LogP contribution is -2.16. The van der Waals surface area contributed by atoms with Crippen LogP contribution in [-0.4, -0.2) is 13.0 Å². The standard InChI is InChI=1S/C17H17FN2O2S2/c1-4-20-15-9-11(2)12(3)10-16(15)23-17(20)19-24(21,22)14-7-5-13(18)6-8-14/h5-10H,4H2,1-3H3/b19-17-. The van der Waals surface area contributed by atoms with E-state index in [4.69, 9.17) is 0 Å². The van der Waals surface area contributed by atoms with Crippen LogP contribution in [0.1, 0.15) is 18.1 Å². The molecule has 0 aliphatic carbocycles. The Morgan fingerprint density at radius 3 is 2.38 bits per heavy atom. The largest absolute Gasteiger partial charge is 0.316 e. The van der Waals surface area contributed by atoms with Crippen molar-refractivity contribution in [2.24, 2.45) is 4.40 Å². The predicted octanol–water partition coefficient (Wildman–Crippen LogP) is 3.77. The van der Waals surface area contributed by atoms with Gasteiger partial charge < -0.3 is 4.57 Å². The molecule has 0 amide bonds. The molecule has 0 radical (unpaired) electrons. The summed E-state index contributed by atoms with van der Waals surface area (Å²) in [7, 11) is -3.88. The number of hydrogen-bond donors (Lipinski definition) is 0. The minimum atomic E-state index is -3.88. The van der Waals surface area contributed by atoms with Crippen LogP contribution in [0.4, 0.5) is 4.39 Å². The number of hydrogen-bond acceptors (Lipinski definition) is 3. The molecule has 0 unspecified atom stereocenters. The lowest BCUT2D eigenvalue weighted by Gasteiger charge is -2.03. The van der Waals surface area contributed by atoms with Gasteiger partial charge in [0.25, 0.3) is 10.0 Å². The average molecular weight is 364 g/mol. The number of aryl methyl sites for hydroxylation is 3. The van der Waals surface area contributed by atoms with Crippen molar-refractivity contribution >= 4 is 31.6 Å². The fraction of sp³-hybridized carbons (Fsp3) is 0.235. The fourth-order valence-electron chi connectivity index (χ4n) is 2.46. The molecule has 0 N–H and O–H groups in total. The molecule has 0 aliphatic heterocycles. The summed E-state index contributed by atoms with van der Waals surface area (Å²) in [4.78, 5) is 0.401. The van der Waals surface area contributed by atoms with Gasteiger partial charge in [0.15, 0.2) is 0 Å². The van der Waals surface area contributed by atoms with Gasteiger partial charge in [-0.25, -0.2) is 4.39 Å². The molecule has 1 heterocycles. The van der Waals surface area contributed by atoms with Crippen molar-refractivity contribution < 1.29 is 12.8 Å². The topological polar surface area (TPSA) is 51.4 Å². The number of benzene rings is 2. The highest BCUT2D eigenvalue weighted by Crippen LogP contribution is 2.22. The summed E-state index contributed by atoms with van der Waals surface area (Å²) < 4.78 is 44.9. The minimum Gasteiger partial charge on any atom is -0.316 e. The molecule has 0 bridgehead atoms. The Morgan fingerprint density at radius 1 is 1.12 bits per heavy atom. The molecule has 126 valence electrons. The van der Waals surface area contributed by atoms with Crippen molar-refractivity contribution in [3.63, 3.8) is 0 Å². The van der Waals surface area contributed by atoms with E-state index in [9.17, 15) is 12.8 Å². The first-order valence-corrected chi connectivity index (χ1v) is 9.74. The number of aromatic nitrogens is 1. The van der Waals surface area contributed by atoms with Gasteiger partial charge in [-0.05, 0) is 68.3 Å². The quantitative estimate of drug-likeness (QED) is 0.710. The van der Waals surface area contributed by atoms with E-state index in [0.29, 0.717) is 11.3 Å². The molecule has 0 saturated carbocycles. The van der Waals surface area contributed by atoms with E-state index in [1.165, 1.54) is 23.5 Å². The molecule has 7 heteroatoms. The molecular weight excluding hydrogens is 347 g/mol. The van der Waals surface area contributed by atoms with Crippen molar-refractivity contribution in [3.05, 3.63) is 58.1 Å². The molecule has 0 fully saturated rings. The minimum absolute atomic E-state index is 0.0172. The van der Waals surface area contributed by atoms with Gasteiger partial charge in [0.1, 0.15) is 5.82 Å². The van der Waals surface area contributed by atoms with Gasteiger partial charge in [-0.2, -0.15) is 8.42 Å². The van der Waals surface area contributed by atoms with Crippen molar-refractivity contribution in [1.82, 2.24) is 4.57 Å². The molecular formula is C17H17FN2O2S2. The normalized spacial score (nSPS) is 12.9. The van der Waals surface area contributed by atoms with Gasteiger partial charge in [0.05, 0.1) is 15.1 Å². The van der Waals surface area contributed by atoms with E-state index in [2.05, 4.69) is 4.40 Å². The SMILES string of the molecule is CCn1/c(=N/S(=O)(=O)c2ccc(F)cc2)sc2cc(C)c(C)cc21. The summed E-state index contributed by atoms with van der Waals surface area (Å²) in [6, 6.07) is 8.79. The van der Waals surface area contributed by atoms with Crippen LogP contribution in [0.15, 0.2) is 45.7 Å². The van der Waals surface area contributed by atoms with E-state index in [1.807, 2.05) is 37.5 Å². The predicted molar refractivity (Wildman–Crippen MR) is 94.1 cm³/mol. The van der Waals surface area contributed by atoms with Gasteiger partial charge in [0.2, 0.25) is 4.80 Å². The highest BCUT2D eigenvalue weighted by molar-refractivity contribution is 7.90. The van der Waals surface area contributed by atoms with Gasteiger partial charge in [-0.1, -0.05) is 11.3 Å². The molecule has 4 nitrogen and oxygen atoms in total. The monoisotopic (exact) mass is 364 g/mol. The molecule has 3 aromatic rings. The summed E-state index contributed by atoms with van der Waals surface area (Å²) in [6.07, 6.45) is 0. The Balaban J connectivity index is 2.24. The van der Waals surface area contributed by atoms with E-state index in [0.717, 1.165) is 33.5 Å². The summed E-state index contributed by atoms with van der Waals surface area (Å²) in [6.45, 7) is 6.61. The number of halogens is 1. The van der Waals surface area contributed by atoms with Crippen LogP contribution in [0.2, 0.25) is 0 Å².